The third kappa shape index (κ3) is 5.17. The summed E-state index contributed by atoms with van der Waals surface area (Å²) in [6.07, 6.45) is 2.81. The van der Waals surface area contributed by atoms with Crippen molar-refractivity contribution in [2.45, 2.75) is 18.2 Å². The number of aliphatic carboxylic acids is 2. The largest absolute Gasteiger partial charge is 0.473 e. The molecule has 1 aromatic rings. The van der Waals surface area contributed by atoms with E-state index in [9.17, 15) is 4.79 Å². The van der Waals surface area contributed by atoms with Gasteiger partial charge in [-0.1, -0.05) is 30.0 Å². The molecule has 0 aliphatic carbocycles. The molecule has 2 heterocycles. The first-order valence-corrected chi connectivity index (χ1v) is 8.36. The highest BCUT2D eigenvalue weighted by molar-refractivity contribution is 8.15. The lowest BCUT2D eigenvalue weighted by Gasteiger charge is -2.31. The first-order valence-electron chi connectivity index (χ1n) is 7.48. The van der Waals surface area contributed by atoms with E-state index >= 15 is 0 Å². The fourth-order valence-corrected chi connectivity index (χ4v) is 3.68. The molecule has 2 aliphatic heterocycles. The lowest BCUT2D eigenvalue weighted by molar-refractivity contribution is -0.159. The van der Waals surface area contributed by atoms with Crippen molar-refractivity contribution >= 4 is 28.8 Å². The Hall–Kier alpha value is -2.63. The fourth-order valence-electron chi connectivity index (χ4n) is 2.67. The van der Waals surface area contributed by atoms with E-state index in [1.54, 1.807) is 6.08 Å². The minimum atomic E-state index is -1.82. The van der Waals surface area contributed by atoms with Gasteiger partial charge in [-0.2, -0.15) is 5.26 Å². The third-order valence-corrected chi connectivity index (χ3v) is 4.98. The molecule has 2 aliphatic rings. The second-order valence-electron chi connectivity index (χ2n) is 5.52. The third-order valence-electron chi connectivity index (χ3n) is 3.80. The molecule has 1 saturated heterocycles. The SMILES string of the molecule is N#Cc1ccccc1CN1CCC2SC(=O)C=C2C1.O=C(O)C(=O)O. The fraction of sp³-hybridized carbons (Fsp3) is 0.294. The predicted octanol–water partition coefficient (Wildman–Crippen LogP) is 1.49. The van der Waals surface area contributed by atoms with Gasteiger partial charge < -0.3 is 10.2 Å². The molecule has 3 rings (SSSR count). The number of benzene rings is 1. The molecule has 0 bridgehead atoms. The molecule has 130 valence electrons. The first kappa shape index (κ1) is 18.7. The van der Waals surface area contributed by atoms with Gasteiger partial charge >= 0.3 is 11.9 Å². The number of carboxylic acid groups (broad SMARTS) is 2. The normalized spacial score (nSPS) is 19.1. The predicted molar refractivity (Wildman–Crippen MR) is 90.8 cm³/mol. The number of nitriles is 1. The molecule has 0 radical (unpaired) electrons. The summed E-state index contributed by atoms with van der Waals surface area (Å²) in [5.41, 5.74) is 3.06. The maximum Gasteiger partial charge on any atom is 0.414 e. The maximum absolute atomic E-state index is 11.4. The van der Waals surface area contributed by atoms with E-state index in [1.807, 2.05) is 24.3 Å². The van der Waals surface area contributed by atoms with E-state index in [2.05, 4.69) is 11.0 Å². The molecule has 0 saturated carbocycles. The summed E-state index contributed by atoms with van der Waals surface area (Å²) in [5, 5.41) is 24.5. The average Bonchev–Trinajstić information content (AvgIpc) is 2.95. The van der Waals surface area contributed by atoms with Crippen LogP contribution in [0.3, 0.4) is 0 Å². The number of carbonyl (C=O) groups is 3. The Labute approximate surface area is 148 Å². The number of carboxylic acids is 2. The molecule has 8 heteroatoms. The number of nitrogens with zero attached hydrogens (tertiary/aromatic N) is 2. The summed E-state index contributed by atoms with van der Waals surface area (Å²) >= 11 is 1.45. The molecular formula is C17H16N2O5S. The van der Waals surface area contributed by atoms with Crippen molar-refractivity contribution in [2.75, 3.05) is 13.1 Å². The molecular weight excluding hydrogens is 344 g/mol. The Morgan fingerprint density at radius 3 is 2.60 bits per heavy atom. The summed E-state index contributed by atoms with van der Waals surface area (Å²) in [4.78, 5) is 31.9. The van der Waals surface area contributed by atoms with Crippen LogP contribution in [0.4, 0.5) is 0 Å². The zero-order chi connectivity index (χ0) is 18.4. The molecule has 1 aromatic carbocycles. The number of piperidine rings is 1. The quantitative estimate of drug-likeness (QED) is 0.762. The highest BCUT2D eigenvalue weighted by Gasteiger charge is 2.31. The number of hydrogen-bond acceptors (Lipinski definition) is 6. The standard InChI is InChI=1S/C15H14N2OS.C2H2O4/c16-8-11-3-1-2-4-12(11)9-17-6-5-14-13(10-17)7-15(18)19-14;3-1(4)2(5)6/h1-4,7,14H,5-6,9-10H2;(H,3,4)(H,5,6). The topological polar surface area (TPSA) is 119 Å². The van der Waals surface area contributed by atoms with Gasteiger partial charge in [0.2, 0.25) is 5.12 Å². The molecule has 0 spiro atoms. The van der Waals surface area contributed by atoms with E-state index in [1.165, 1.54) is 17.3 Å². The van der Waals surface area contributed by atoms with Gasteiger partial charge in [0.1, 0.15) is 0 Å². The van der Waals surface area contributed by atoms with Crippen LogP contribution in [0.25, 0.3) is 0 Å². The highest BCUT2D eigenvalue weighted by atomic mass is 32.2. The number of fused-ring (bicyclic) bond motifs is 1. The van der Waals surface area contributed by atoms with Gasteiger partial charge in [0.15, 0.2) is 0 Å². The summed E-state index contributed by atoms with van der Waals surface area (Å²) < 4.78 is 0. The van der Waals surface area contributed by atoms with Crippen LogP contribution in [-0.4, -0.2) is 50.5 Å². The van der Waals surface area contributed by atoms with Gasteiger partial charge in [0.25, 0.3) is 0 Å². The zero-order valence-corrected chi connectivity index (χ0v) is 14.0. The van der Waals surface area contributed by atoms with Crippen molar-refractivity contribution in [1.82, 2.24) is 4.90 Å². The monoisotopic (exact) mass is 360 g/mol. The Bertz CT molecular complexity index is 757. The molecule has 1 atom stereocenters. The van der Waals surface area contributed by atoms with Crippen LogP contribution in [0, 0.1) is 11.3 Å². The second-order valence-corrected chi connectivity index (χ2v) is 6.73. The second kappa shape index (κ2) is 8.46. The van der Waals surface area contributed by atoms with Crippen LogP contribution in [0.2, 0.25) is 0 Å². The first-order chi connectivity index (χ1) is 11.9. The van der Waals surface area contributed by atoms with Crippen LogP contribution in [0.5, 0.6) is 0 Å². The lowest BCUT2D eigenvalue weighted by Crippen LogP contribution is -2.35. The Morgan fingerprint density at radius 1 is 1.28 bits per heavy atom. The van der Waals surface area contributed by atoms with Crippen molar-refractivity contribution in [3.05, 3.63) is 47.0 Å². The van der Waals surface area contributed by atoms with Crippen LogP contribution in [0.1, 0.15) is 17.5 Å². The molecule has 7 nitrogen and oxygen atoms in total. The van der Waals surface area contributed by atoms with E-state index in [0.29, 0.717) is 5.25 Å². The molecule has 1 unspecified atom stereocenters. The molecule has 0 amide bonds. The number of hydrogen-bond donors (Lipinski definition) is 2. The van der Waals surface area contributed by atoms with E-state index < -0.39 is 11.9 Å². The smallest absolute Gasteiger partial charge is 0.414 e. The molecule has 2 N–H and O–H groups in total. The van der Waals surface area contributed by atoms with Crippen molar-refractivity contribution in [2.24, 2.45) is 0 Å². The number of likely N-dealkylation sites (tertiary alicyclic amines) is 1. The van der Waals surface area contributed by atoms with Crippen LogP contribution >= 0.6 is 11.8 Å². The lowest BCUT2D eigenvalue weighted by atomic mass is 10.0. The summed E-state index contributed by atoms with van der Waals surface area (Å²) in [5.74, 6) is -3.65. The zero-order valence-electron chi connectivity index (χ0n) is 13.2. The van der Waals surface area contributed by atoms with Crippen LogP contribution in [-0.2, 0) is 20.9 Å². The Kier molecular flexibility index (Phi) is 6.33. The maximum atomic E-state index is 11.4. The van der Waals surface area contributed by atoms with Crippen molar-refractivity contribution < 1.29 is 24.6 Å². The van der Waals surface area contributed by atoms with Gasteiger partial charge in [-0.05, 0) is 29.7 Å². The average molecular weight is 360 g/mol. The highest BCUT2D eigenvalue weighted by Crippen LogP contribution is 2.34. The number of rotatable bonds is 2. The van der Waals surface area contributed by atoms with Crippen molar-refractivity contribution in [1.29, 1.82) is 5.26 Å². The van der Waals surface area contributed by atoms with E-state index in [0.717, 1.165) is 37.2 Å². The van der Waals surface area contributed by atoms with E-state index in [4.69, 9.17) is 25.1 Å². The van der Waals surface area contributed by atoms with Crippen LogP contribution in [0.15, 0.2) is 35.9 Å². The van der Waals surface area contributed by atoms with Gasteiger partial charge in [0.05, 0.1) is 11.6 Å². The molecule has 25 heavy (non-hydrogen) atoms. The Balaban J connectivity index is 0.000000326. The number of thioether (sulfide) groups is 1. The minimum Gasteiger partial charge on any atom is -0.473 e. The number of carbonyl (C=O) groups excluding carboxylic acids is 1. The molecule has 1 fully saturated rings. The van der Waals surface area contributed by atoms with Crippen molar-refractivity contribution in [3.8, 4) is 6.07 Å². The van der Waals surface area contributed by atoms with E-state index in [-0.39, 0.29) is 5.12 Å². The van der Waals surface area contributed by atoms with Gasteiger partial charge in [-0.3, -0.25) is 9.69 Å². The van der Waals surface area contributed by atoms with Gasteiger partial charge in [0, 0.05) is 24.9 Å². The summed E-state index contributed by atoms with van der Waals surface area (Å²) in [6.45, 7) is 2.62. The minimum absolute atomic E-state index is 0.194. The summed E-state index contributed by atoms with van der Waals surface area (Å²) in [7, 11) is 0. The Morgan fingerprint density at radius 2 is 1.96 bits per heavy atom. The van der Waals surface area contributed by atoms with Gasteiger partial charge in [-0.25, -0.2) is 9.59 Å². The summed E-state index contributed by atoms with van der Waals surface area (Å²) in [6, 6.07) is 9.97. The van der Waals surface area contributed by atoms with Crippen LogP contribution < -0.4 is 0 Å². The molecule has 0 aromatic heterocycles. The van der Waals surface area contributed by atoms with Crippen molar-refractivity contribution in [3.63, 3.8) is 0 Å². The van der Waals surface area contributed by atoms with Gasteiger partial charge in [-0.15, -0.1) is 0 Å².